The van der Waals surface area contributed by atoms with Crippen molar-refractivity contribution < 1.29 is 9.72 Å². The summed E-state index contributed by atoms with van der Waals surface area (Å²) in [7, 11) is 3.90. The summed E-state index contributed by atoms with van der Waals surface area (Å²) in [5, 5.41) is 17.1. The van der Waals surface area contributed by atoms with Crippen LogP contribution in [0.2, 0.25) is 0 Å². The van der Waals surface area contributed by atoms with E-state index in [9.17, 15) is 14.9 Å². The first kappa shape index (κ1) is 15.2. The van der Waals surface area contributed by atoms with E-state index in [0.717, 1.165) is 5.56 Å². The first-order valence-electron chi connectivity index (χ1n) is 6.90. The molecule has 2 N–H and O–H groups in total. The van der Waals surface area contributed by atoms with Crippen molar-refractivity contribution in [3.63, 3.8) is 0 Å². The standard InChI is InChI=1S/C14H20N4O3/c1-9(17(2)3)8-15-12-7-11-10(4-5-14(19)16-11)6-13(12)18(20)21/h6-7,9,15H,4-5,8H2,1-3H3,(H,16,19). The molecule has 0 saturated heterocycles. The number of rotatable bonds is 5. The van der Waals surface area contributed by atoms with Crippen molar-refractivity contribution in [1.29, 1.82) is 0 Å². The van der Waals surface area contributed by atoms with E-state index < -0.39 is 0 Å². The molecule has 7 heteroatoms. The number of likely N-dealkylation sites (N-methyl/N-ethyl adjacent to an activating group) is 1. The molecule has 0 spiro atoms. The Morgan fingerprint density at radius 1 is 1.43 bits per heavy atom. The number of hydrogen-bond acceptors (Lipinski definition) is 5. The lowest BCUT2D eigenvalue weighted by atomic mass is 10.0. The molecular weight excluding hydrogens is 272 g/mol. The van der Waals surface area contributed by atoms with Crippen LogP contribution in [-0.4, -0.2) is 42.4 Å². The average Bonchev–Trinajstić information content (AvgIpc) is 2.43. The molecule has 0 aromatic heterocycles. The molecule has 1 unspecified atom stereocenters. The highest BCUT2D eigenvalue weighted by Gasteiger charge is 2.22. The third-order valence-electron chi connectivity index (χ3n) is 3.78. The van der Waals surface area contributed by atoms with E-state index in [0.29, 0.717) is 30.8 Å². The number of fused-ring (bicyclic) bond motifs is 1. The van der Waals surface area contributed by atoms with E-state index in [4.69, 9.17) is 0 Å². The molecule has 1 amide bonds. The van der Waals surface area contributed by atoms with Crippen LogP contribution in [-0.2, 0) is 11.2 Å². The summed E-state index contributed by atoms with van der Waals surface area (Å²) in [5.74, 6) is -0.0519. The Bertz CT molecular complexity index is 572. The van der Waals surface area contributed by atoms with Gasteiger partial charge in [-0.2, -0.15) is 0 Å². The smallest absolute Gasteiger partial charge is 0.292 e. The molecule has 0 saturated carbocycles. The predicted octanol–water partition coefficient (Wildman–Crippen LogP) is 1.84. The molecule has 1 aliphatic heterocycles. The van der Waals surface area contributed by atoms with Crippen molar-refractivity contribution in [1.82, 2.24) is 4.90 Å². The fraction of sp³-hybridized carbons (Fsp3) is 0.500. The molecule has 1 aromatic carbocycles. The summed E-state index contributed by atoms with van der Waals surface area (Å²) in [6, 6.07) is 3.44. The number of aryl methyl sites for hydroxylation is 1. The van der Waals surface area contributed by atoms with E-state index in [1.807, 2.05) is 25.9 Å². The lowest BCUT2D eigenvalue weighted by Crippen LogP contribution is -2.31. The number of benzene rings is 1. The Morgan fingerprint density at radius 2 is 2.14 bits per heavy atom. The molecule has 2 rings (SSSR count). The van der Waals surface area contributed by atoms with Gasteiger partial charge in [-0.05, 0) is 39.1 Å². The number of carbonyl (C=O) groups is 1. The van der Waals surface area contributed by atoms with E-state index in [1.165, 1.54) is 0 Å². The minimum atomic E-state index is -0.390. The van der Waals surface area contributed by atoms with Gasteiger partial charge in [-0.1, -0.05) is 0 Å². The van der Waals surface area contributed by atoms with Crippen LogP contribution in [0, 0.1) is 10.1 Å². The Labute approximate surface area is 123 Å². The normalized spacial score (nSPS) is 15.3. The highest BCUT2D eigenvalue weighted by Crippen LogP contribution is 2.34. The molecule has 1 aliphatic rings. The van der Waals surface area contributed by atoms with Crippen LogP contribution >= 0.6 is 0 Å². The van der Waals surface area contributed by atoms with Crippen molar-refractivity contribution >= 4 is 23.0 Å². The minimum Gasteiger partial charge on any atom is -0.378 e. The lowest BCUT2D eigenvalue weighted by molar-refractivity contribution is -0.384. The number of nitro benzene ring substituents is 1. The van der Waals surface area contributed by atoms with Gasteiger partial charge in [0.05, 0.1) is 4.92 Å². The van der Waals surface area contributed by atoms with Crippen LogP contribution in [0.4, 0.5) is 17.1 Å². The van der Waals surface area contributed by atoms with Gasteiger partial charge in [-0.25, -0.2) is 0 Å². The van der Waals surface area contributed by atoms with Crippen LogP contribution < -0.4 is 10.6 Å². The Balaban J connectivity index is 2.28. The maximum atomic E-state index is 11.4. The van der Waals surface area contributed by atoms with Gasteiger partial charge in [-0.3, -0.25) is 14.9 Å². The second-order valence-electron chi connectivity index (χ2n) is 5.53. The van der Waals surface area contributed by atoms with Crippen LogP contribution in [0.1, 0.15) is 18.9 Å². The predicted molar refractivity (Wildman–Crippen MR) is 81.7 cm³/mol. The fourth-order valence-electron chi connectivity index (χ4n) is 2.15. The van der Waals surface area contributed by atoms with Gasteiger partial charge in [0.2, 0.25) is 5.91 Å². The molecule has 1 atom stereocenters. The maximum Gasteiger partial charge on any atom is 0.292 e. The molecule has 0 fully saturated rings. The SMILES string of the molecule is CC(CNc1cc2c(cc1[N+](=O)[O-])CCC(=O)N2)N(C)C. The van der Waals surface area contributed by atoms with E-state index >= 15 is 0 Å². The summed E-state index contributed by atoms with van der Waals surface area (Å²) in [6.45, 7) is 2.61. The quantitative estimate of drug-likeness (QED) is 0.638. The molecule has 7 nitrogen and oxygen atoms in total. The van der Waals surface area contributed by atoms with Gasteiger partial charge in [-0.15, -0.1) is 0 Å². The number of anilines is 2. The largest absolute Gasteiger partial charge is 0.378 e. The number of amides is 1. The van der Waals surface area contributed by atoms with Gasteiger partial charge in [0.25, 0.3) is 5.69 Å². The van der Waals surface area contributed by atoms with Crippen LogP contribution in [0.25, 0.3) is 0 Å². The fourth-order valence-corrected chi connectivity index (χ4v) is 2.15. The number of nitro groups is 1. The highest BCUT2D eigenvalue weighted by molar-refractivity contribution is 5.95. The van der Waals surface area contributed by atoms with Crippen LogP contribution in [0.15, 0.2) is 12.1 Å². The molecule has 0 radical (unpaired) electrons. The number of nitrogens with zero attached hydrogens (tertiary/aromatic N) is 2. The number of carbonyl (C=O) groups excluding carboxylic acids is 1. The first-order chi connectivity index (χ1) is 9.88. The summed E-state index contributed by atoms with van der Waals surface area (Å²) >= 11 is 0. The Hall–Kier alpha value is -2.15. The van der Waals surface area contributed by atoms with Crippen LogP contribution in [0.5, 0.6) is 0 Å². The second-order valence-corrected chi connectivity index (χ2v) is 5.53. The second kappa shape index (κ2) is 6.09. The van der Waals surface area contributed by atoms with Crippen molar-refractivity contribution in [3.8, 4) is 0 Å². The average molecular weight is 292 g/mol. The third kappa shape index (κ3) is 3.49. The first-order valence-corrected chi connectivity index (χ1v) is 6.90. The monoisotopic (exact) mass is 292 g/mol. The Kier molecular flexibility index (Phi) is 4.42. The maximum absolute atomic E-state index is 11.4. The molecule has 0 bridgehead atoms. The zero-order valence-electron chi connectivity index (χ0n) is 12.5. The van der Waals surface area contributed by atoms with Crippen molar-refractivity contribution in [2.75, 3.05) is 31.3 Å². The van der Waals surface area contributed by atoms with Gasteiger partial charge < -0.3 is 15.5 Å². The molecule has 1 aromatic rings. The van der Waals surface area contributed by atoms with Gasteiger partial charge in [0.1, 0.15) is 5.69 Å². The Morgan fingerprint density at radius 3 is 2.76 bits per heavy atom. The third-order valence-corrected chi connectivity index (χ3v) is 3.78. The van der Waals surface area contributed by atoms with E-state index in [1.54, 1.807) is 12.1 Å². The van der Waals surface area contributed by atoms with E-state index in [2.05, 4.69) is 10.6 Å². The number of nitrogens with one attached hydrogen (secondary N) is 2. The van der Waals surface area contributed by atoms with Gasteiger partial charge in [0, 0.05) is 30.8 Å². The molecule has 0 aliphatic carbocycles. The summed E-state index contributed by atoms with van der Waals surface area (Å²) < 4.78 is 0. The molecule has 114 valence electrons. The summed E-state index contributed by atoms with van der Waals surface area (Å²) in [4.78, 5) is 24.3. The van der Waals surface area contributed by atoms with Crippen LogP contribution in [0.3, 0.4) is 0 Å². The molecule has 1 heterocycles. The zero-order valence-corrected chi connectivity index (χ0v) is 12.5. The molecule has 21 heavy (non-hydrogen) atoms. The molecular formula is C14H20N4O3. The van der Waals surface area contributed by atoms with Gasteiger partial charge in [0.15, 0.2) is 0 Å². The summed E-state index contributed by atoms with van der Waals surface area (Å²) in [6.07, 6.45) is 0.908. The van der Waals surface area contributed by atoms with Crippen molar-refractivity contribution in [2.24, 2.45) is 0 Å². The van der Waals surface area contributed by atoms with Crippen molar-refractivity contribution in [2.45, 2.75) is 25.8 Å². The topological polar surface area (TPSA) is 87.5 Å². The zero-order chi connectivity index (χ0) is 15.6. The lowest BCUT2D eigenvalue weighted by Gasteiger charge is -2.22. The van der Waals surface area contributed by atoms with Crippen molar-refractivity contribution in [3.05, 3.63) is 27.8 Å². The van der Waals surface area contributed by atoms with E-state index in [-0.39, 0.29) is 22.6 Å². The summed E-state index contributed by atoms with van der Waals surface area (Å²) in [5.41, 5.74) is 1.97. The minimum absolute atomic E-state index is 0.0517. The van der Waals surface area contributed by atoms with Gasteiger partial charge >= 0.3 is 0 Å². The highest BCUT2D eigenvalue weighted by atomic mass is 16.6. The number of hydrogen-bond donors (Lipinski definition) is 2.